The van der Waals surface area contributed by atoms with Crippen molar-refractivity contribution in [2.24, 2.45) is 5.73 Å². The molecule has 0 spiro atoms. The van der Waals surface area contributed by atoms with Crippen LogP contribution in [0.4, 0.5) is 0 Å². The van der Waals surface area contributed by atoms with E-state index >= 15 is 0 Å². The van der Waals surface area contributed by atoms with Crippen LogP contribution < -0.4 is 16.4 Å². The molecule has 2 amide bonds. The van der Waals surface area contributed by atoms with Crippen molar-refractivity contribution < 1.29 is 9.59 Å². The summed E-state index contributed by atoms with van der Waals surface area (Å²) in [4.78, 5) is 23.3. The number of nitrogens with one attached hydrogen (secondary N) is 3. The average Bonchev–Trinajstić information content (AvgIpc) is 2.89. The predicted molar refractivity (Wildman–Crippen MR) is 75.1 cm³/mol. The van der Waals surface area contributed by atoms with Gasteiger partial charge < -0.3 is 16.4 Å². The van der Waals surface area contributed by atoms with E-state index < -0.39 is 0 Å². The fraction of sp³-hybridized carbons (Fsp3) is 0.308. The molecule has 0 unspecified atom stereocenters. The second kappa shape index (κ2) is 6.67. The first-order valence-electron chi connectivity index (χ1n) is 6.40. The molecule has 1 aromatic heterocycles. The molecule has 0 atom stereocenters. The number of fused-ring (bicyclic) bond motifs is 1. The first-order valence-corrected chi connectivity index (χ1v) is 6.40. The summed E-state index contributed by atoms with van der Waals surface area (Å²) in [7, 11) is 0. The quantitative estimate of drug-likeness (QED) is 0.582. The highest BCUT2D eigenvalue weighted by Crippen LogP contribution is 2.14. The van der Waals surface area contributed by atoms with Crippen molar-refractivity contribution in [2.75, 3.05) is 19.6 Å². The van der Waals surface area contributed by atoms with Gasteiger partial charge in [0.2, 0.25) is 5.91 Å². The van der Waals surface area contributed by atoms with Crippen LogP contribution in [0, 0.1) is 0 Å². The van der Waals surface area contributed by atoms with Crippen molar-refractivity contribution in [3.8, 4) is 0 Å². The lowest BCUT2D eigenvalue weighted by Gasteiger charge is -2.04. The van der Waals surface area contributed by atoms with Gasteiger partial charge in [0.05, 0.1) is 5.52 Å². The molecule has 1 heterocycles. The van der Waals surface area contributed by atoms with E-state index in [9.17, 15) is 9.59 Å². The maximum atomic E-state index is 12.0. The third-order valence-electron chi connectivity index (χ3n) is 2.79. The standard InChI is InChI=1S/C13H17N5O2/c14-6-8-15-11(19)5-7-16-13(20)12-9-3-1-2-4-10(9)17-18-12/h1-4H,5-8,14H2,(H,15,19)(H,16,20)(H,17,18). The SMILES string of the molecule is NCCNC(=O)CCNC(=O)c1n[nH]c2ccccc12. The predicted octanol–water partition coefficient (Wildman–Crippen LogP) is -0.242. The van der Waals surface area contributed by atoms with Gasteiger partial charge in [0.1, 0.15) is 0 Å². The molecule has 0 fully saturated rings. The highest BCUT2D eigenvalue weighted by atomic mass is 16.2. The van der Waals surface area contributed by atoms with Crippen molar-refractivity contribution in [3.05, 3.63) is 30.0 Å². The van der Waals surface area contributed by atoms with Gasteiger partial charge >= 0.3 is 0 Å². The molecule has 1 aromatic carbocycles. The molecule has 0 aliphatic carbocycles. The second-order valence-electron chi connectivity index (χ2n) is 4.26. The number of rotatable bonds is 6. The molecule has 0 aliphatic rings. The zero-order chi connectivity index (χ0) is 14.4. The van der Waals surface area contributed by atoms with Gasteiger partial charge in [0, 0.05) is 31.4 Å². The Balaban J connectivity index is 1.88. The van der Waals surface area contributed by atoms with Crippen molar-refractivity contribution in [2.45, 2.75) is 6.42 Å². The molecule has 2 aromatic rings. The van der Waals surface area contributed by atoms with Gasteiger partial charge in [-0.25, -0.2) is 0 Å². The Kier molecular flexibility index (Phi) is 4.67. The molecular weight excluding hydrogens is 258 g/mol. The molecule has 0 bridgehead atoms. The number of hydrogen-bond acceptors (Lipinski definition) is 4. The first-order chi connectivity index (χ1) is 9.72. The topological polar surface area (TPSA) is 113 Å². The Bertz CT molecular complexity index is 608. The third-order valence-corrected chi connectivity index (χ3v) is 2.79. The number of carbonyl (C=O) groups is 2. The average molecular weight is 275 g/mol. The zero-order valence-corrected chi connectivity index (χ0v) is 11.0. The van der Waals surface area contributed by atoms with Crippen LogP contribution in [0.2, 0.25) is 0 Å². The van der Waals surface area contributed by atoms with Gasteiger partial charge in [0.15, 0.2) is 5.69 Å². The van der Waals surface area contributed by atoms with Crippen LogP contribution in [-0.4, -0.2) is 41.6 Å². The van der Waals surface area contributed by atoms with Crippen LogP contribution in [0.1, 0.15) is 16.9 Å². The minimum absolute atomic E-state index is 0.136. The van der Waals surface area contributed by atoms with Gasteiger partial charge in [-0.3, -0.25) is 14.7 Å². The summed E-state index contributed by atoms with van der Waals surface area (Å²) in [5, 5.41) is 12.8. The van der Waals surface area contributed by atoms with Crippen LogP contribution in [0.25, 0.3) is 10.9 Å². The van der Waals surface area contributed by atoms with Crippen molar-refractivity contribution >= 4 is 22.7 Å². The normalized spacial score (nSPS) is 10.4. The van der Waals surface area contributed by atoms with E-state index in [0.717, 1.165) is 10.9 Å². The van der Waals surface area contributed by atoms with E-state index in [0.29, 0.717) is 18.8 Å². The minimum atomic E-state index is -0.297. The number of para-hydroxylation sites is 1. The van der Waals surface area contributed by atoms with Crippen LogP contribution in [0.3, 0.4) is 0 Å². The van der Waals surface area contributed by atoms with Gasteiger partial charge in [-0.1, -0.05) is 18.2 Å². The number of carbonyl (C=O) groups excluding carboxylic acids is 2. The summed E-state index contributed by atoms with van der Waals surface area (Å²) < 4.78 is 0. The number of aromatic amines is 1. The third kappa shape index (κ3) is 3.33. The molecule has 106 valence electrons. The van der Waals surface area contributed by atoms with Crippen molar-refractivity contribution in [1.82, 2.24) is 20.8 Å². The first kappa shape index (κ1) is 14.0. The summed E-state index contributed by atoms with van der Waals surface area (Å²) in [6, 6.07) is 7.37. The van der Waals surface area contributed by atoms with Gasteiger partial charge in [0.25, 0.3) is 5.91 Å². The van der Waals surface area contributed by atoms with E-state index in [1.807, 2.05) is 24.3 Å². The highest BCUT2D eigenvalue weighted by Gasteiger charge is 2.13. The van der Waals surface area contributed by atoms with Crippen molar-refractivity contribution in [3.63, 3.8) is 0 Å². The number of aromatic nitrogens is 2. The maximum absolute atomic E-state index is 12.0. The molecule has 0 saturated carbocycles. The smallest absolute Gasteiger partial charge is 0.272 e. The Hall–Kier alpha value is -2.41. The van der Waals surface area contributed by atoms with E-state index in [4.69, 9.17) is 5.73 Å². The lowest BCUT2D eigenvalue weighted by Crippen LogP contribution is -2.33. The van der Waals surface area contributed by atoms with Crippen LogP contribution in [0.15, 0.2) is 24.3 Å². The number of benzene rings is 1. The summed E-state index contributed by atoms with van der Waals surface area (Å²) in [6.45, 7) is 1.10. The molecule has 5 N–H and O–H groups in total. The highest BCUT2D eigenvalue weighted by molar-refractivity contribution is 6.04. The monoisotopic (exact) mass is 275 g/mol. The zero-order valence-electron chi connectivity index (χ0n) is 11.0. The van der Waals surface area contributed by atoms with Gasteiger partial charge in [-0.15, -0.1) is 0 Å². The maximum Gasteiger partial charge on any atom is 0.272 e. The Morgan fingerprint density at radius 3 is 2.80 bits per heavy atom. The molecule has 7 nitrogen and oxygen atoms in total. The number of H-pyrrole nitrogens is 1. The van der Waals surface area contributed by atoms with E-state index in [1.165, 1.54) is 0 Å². The molecule has 0 radical (unpaired) electrons. The largest absolute Gasteiger partial charge is 0.355 e. The fourth-order valence-electron chi connectivity index (χ4n) is 1.81. The Labute approximate surface area is 115 Å². The summed E-state index contributed by atoms with van der Waals surface area (Å²) in [5.41, 5.74) is 6.41. The Morgan fingerprint density at radius 2 is 2.00 bits per heavy atom. The number of nitrogens with two attached hydrogens (primary N) is 1. The molecule has 7 heteroatoms. The van der Waals surface area contributed by atoms with Crippen LogP contribution in [-0.2, 0) is 4.79 Å². The second-order valence-corrected chi connectivity index (χ2v) is 4.26. The summed E-state index contributed by atoms with van der Waals surface area (Å²) in [5.74, 6) is -0.434. The van der Waals surface area contributed by atoms with E-state index in [-0.39, 0.29) is 24.8 Å². The molecule has 0 saturated heterocycles. The number of hydrogen-bond donors (Lipinski definition) is 4. The van der Waals surface area contributed by atoms with E-state index in [1.54, 1.807) is 0 Å². The van der Waals surface area contributed by atoms with Crippen molar-refractivity contribution in [1.29, 1.82) is 0 Å². The molecule has 20 heavy (non-hydrogen) atoms. The lowest BCUT2D eigenvalue weighted by molar-refractivity contribution is -0.120. The number of nitrogens with zero attached hydrogens (tertiary/aromatic N) is 1. The fourth-order valence-corrected chi connectivity index (χ4v) is 1.81. The number of amides is 2. The van der Waals surface area contributed by atoms with E-state index in [2.05, 4.69) is 20.8 Å². The van der Waals surface area contributed by atoms with Gasteiger partial charge in [-0.05, 0) is 6.07 Å². The summed E-state index contributed by atoms with van der Waals surface area (Å²) in [6.07, 6.45) is 0.216. The molecule has 0 aliphatic heterocycles. The van der Waals surface area contributed by atoms with Gasteiger partial charge in [-0.2, -0.15) is 5.10 Å². The van der Waals surface area contributed by atoms with Crippen LogP contribution >= 0.6 is 0 Å². The minimum Gasteiger partial charge on any atom is -0.355 e. The Morgan fingerprint density at radius 1 is 1.20 bits per heavy atom. The van der Waals surface area contributed by atoms with Crippen LogP contribution in [0.5, 0.6) is 0 Å². The molecule has 2 rings (SSSR count). The molecular formula is C13H17N5O2. The lowest BCUT2D eigenvalue weighted by atomic mass is 10.2. The summed E-state index contributed by atoms with van der Waals surface area (Å²) >= 11 is 0.